The summed E-state index contributed by atoms with van der Waals surface area (Å²) < 4.78 is 0. The standard InChI is InChI=1S/C13H22N4O2/c1-6-9-7-10(17-16-9)15-11(18)8(2)14-12(19)13(3,4)5/h7-8H,6H2,1-5H3,(H,14,19)(H2,15,16,17,18). The fraction of sp³-hybridized carbons (Fsp3) is 0.615. The van der Waals surface area contributed by atoms with Crippen molar-refractivity contribution >= 4 is 17.6 Å². The van der Waals surface area contributed by atoms with E-state index in [1.165, 1.54) is 0 Å². The molecule has 6 nitrogen and oxygen atoms in total. The third kappa shape index (κ3) is 4.39. The summed E-state index contributed by atoms with van der Waals surface area (Å²) in [4.78, 5) is 23.7. The molecule has 0 bridgehead atoms. The number of anilines is 1. The van der Waals surface area contributed by atoms with Gasteiger partial charge in [-0.25, -0.2) is 0 Å². The van der Waals surface area contributed by atoms with E-state index in [1.54, 1.807) is 33.8 Å². The SMILES string of the molecule is CCc1cc(NC(=O)C(C)NC(=O)C(C)(C)C)n[nH]1. The lowest BCUT2D eigenvalue weighted by Crippen LogP contribution is -2.46. The number of aromatic nitrogens is 2. The Balaban J connectivity index is 2.56. The number of carbonyl (C=O) groups excluding carboxylic acids is 2. The molecular weight excluding hydrogens is 244 g/mol. The van der Waals surface area contributed by atoms with Gasteiger partial charge in [0.1, 0.15) is 6.04 Å². The molecule has 0 spiro atoms. The van der Waals surface area contributed by atoms with Crippen molar-refractivity contribution in [2.45, 2.75) is 47.1 Å². The van der Waals surface area contributed by atoms with Gasteiger partial charge >= 0.3 is 0 Å². The van der Waals surface area contributed by atoms with E-state index in [-0.39, 0.29) is 11.8 Å². The van der Waals surface area contributed by atoms with Crippen molar-refractivity contribution in [2.24, 2.45) is 5.41 Å². The number of aryl methyl sites for hydroxylation is 1. The van der Waals surface area contributed by atoms with Crippen LogP contribution in [0.1, 0.15) is 40.3 Å². The van der Waals surface area contributed by atoms with Gasteiger partial charge in [0, 0.05) is 17.2 Å². The quantitative estimate of drug-likeness (QED) is 0.771. The van der Waals surface area contributed by atoms with Crippen molar-refractivity contribution in [3.8, 4) is 0 Å². The number of H-pyrrole nitrogens is 1. The summed E-state index contributed by atoms with van der Waals surface area (Å²) >= 11 is 0. The van der Waals surface area contributed by atoms with Crippen molar-refractivity contribution in [1.82, 2.24) is 15.5 Å². The molecule has 1 heterocycles. The number of rotatable bonds is 4. The summed E-state index contributed by atoms with van der Waals surface area (Å²) in [5.74, 6) is 0.0249. The van der Waals surface area contributed by atoms with Crippen LogP contribution < -0.4 is 10.6 Å². The van der Waals surface area contributed by atoms with E-state index in [9.17, 15) is 9.59 Å². The second-order valence-electron chi connectivity index (χ2n) is 5.57. The molecule has 3 N–H and O–H groups in total. The summed E-state index contributed by atoms with van der Waals surface area (Å²) in [5.41, 5.74) is 0.428. The molecule has 1 unspecified atom stereocenters. The van der Waals surface area contributed by atoms with Gasteiger partial charge in [-0.3, -0.25) is 14.7 Å². The fourth-order valence-corrected chi connectivity index (χ4v) is 1.32. The lowest BCUT2D eigenvalue weighted by atomic mass is 9.95. The van der Waals surface area contributed by atoms with Crippen molar-refractivity contribution in [1.29, 1.82) is 0 Å². The van der Waals surface area contributed by atoms with Crippen LogP contribution in [0.2, 0.25) is 0 Å². The molecule has 106 valence electrons. The van der Waals surface area contributed by atoms with E-state index in [1.807, 2.05) is 6.92 Å². The highest BCUT2D eigenvalue weighted by Gasteiger charge is 2.25. The topological polar surface area (TPSA) is 86.9 Å². The minimum atomic E-state index is -0.603. The molecule has 1 aromatic heterocycles. The minimum Gasteiger partial charge on any atom is -0.344 e. The number of nitrogens with one attached hydrogen (secondary N) is 3. The number of nitrogens with zero attached hydrogens (tertiary/aromatic N) is 1. The molecule has 6 heteroatoms. The molecule has 0 fully saturated rings. The van der Waals surface area contributed by atoms with Crippen LogP contribution >= 0.6 is 0 Å². The van der Waals surface area contributed by atoms with Gasteiger partial charge in [-0.05, 0) is 13.3 Å². The first-order valence-corrected chi connectivity index (χ1v) is 6.40. The van der Waals surface area contributed by atoms with Gasteiger partial charge in [-0.2, -0.15) is 5.10 Å². The van der Waals surface area contributed by atoms with Crippen molar-refractivity contribution in [2.75, 3.05) is 5.32 Å². The van der Waals surface area contributed by atoms with Crippen LogP contribution in [-0.2, 0) is 16.0 Å². The molecule has 1 atom stereocenters. The second-order valence-corrected chi connectivity index (χ2v) is 5.57. The van der Waals surface area contributed by atoms with Gasteiger partial charge in [0.05, 0.1) is 0 Å². The maximum absolute atomic E-state index is 11.9. The minimum absolute atomic E-state index is 0.161. The van der Waals surface area contributed by atoms with Crippen LogP contribution in [0, 0.1) is 5.41 Å². The molecule has 1 rings (SSSR count). The Morgan fingerprint density at radius 3 is 2.53 bits per heavy atom. The van der Waals surface area contributed by atoms with Crippen LogP contribution in [0.4, 0.5) is 5.82 Å². The Hall–Kier alpha value is -1.85. The van der Waals surface area contributed by atoms with Crippen LogP contribution in [0.3, 0.4) is 0 Å². The Labute approximate surface area is 113 Å². The van der Waals surface area contributed by atoms with E-state index < -0.39 is 11.5 Å². The first-order valence-electron chi connectivity index (χ1n) is 6.40. The third-order valence-corrected chi connectivity index (χ3v) is 2.69. The van der Waals surface area contributed by atoms with Crippen LogP contribution in [-0.4, -0.2) is 28.1 Å². The Morgan fingerprint density at radius 2 is 2.05 bits per heavy atom. The third-order valence-electron chi connectivity index (χ3n) is 2.69. The Kier molecular flexibility index (Phi) is 4.69. The zero-order valence-corrected chi connectivity index (χ0v) is 12.1. The molecule has 0 aliphatic carbocycles. The average molecular weight is 266 g/mol. The number of aromatic amines is 1. The van der Waals surface area contributed by atoms with Crippen LogP contribution in [0.15, 0.2) is 6.07 Å². The molecular formula is C13H22N4O2. The predicted octanol–water partition coefficient (Wildman–Crippen LogP) is 1.46. The normalized spacial score (nSPS) is 12.9. The van der Waals surface area contributed by atoms with E-state index in [0.29, 0.717) is 5.82 Å². The summed E-state index contributed by atoms with van der Waals surface area (Å²) in [7, 11) is 0. The smallest absolute Gasteiger partial charge is 0.247 e. The molecule has 0 aliphatic rings. The second kappa shape index (κ2) is 5.86. The largest absolute Gasteiger partial charge is 0.344 e. The summed E-state index contributed by atoms with van der Waals surface area (Å²) in [6.45, 7) is 9.04. The average Bonchev–Trinajstić information content (AvgIpc) is 2.75. The highest BCUT2D eigenvalue weighted by atomic mass is 16.2. The lowest BCUT2D eigenvalue weighted by molar-refractivity contribution is -0.131. The molecule has 2 amide bonds. The van der Waals surface area contributed by atoms with E-state index in [2.05, 4.69) is 20.8 Å². The zero-order chi connectivity index (χ0) is 14.6. The number of hydrogen-bond acceptors (Lipinski definition) is 3. The van der Waals surface area contributed by atoms with Gasteiger partial charge in [-0.15, -0.1) is 0 Å². The molecule has 0 radical (unpaired) electrons. The monoisotopic (exact) mass is 266 g/mol. The zero-order valence-electron chi connectivity index (χ0n) is 12.1. The molecule has 0 saturated heterocycles. The van der Waals surface area contributed by atoms with Crippen LogP contribution in [0.5, 0.6) is 0 Å². The Bertz CT molecular complexity index is 459. The number of amides is 2. The summed E-state index contributed by atoms with van der Waals surface area (Å²) in [5, 5.41) is 12.1. The van der Waals surface area contributed by atoms with Gasteiger partial charge < -0.3 is 10.6 Å². The first-order chi connectivity index (χ1) is 8.74. The van der Waals surface area contributed by atoms with Gasteiger partial charge in [0.25, 0.3) is 0 Å². The van der Waals surface area contributed by atoms with Crippen LogP contribution in [0.25, 0.3) is 0 Å². The molecule has 19 heavy (non-hydrogen) atoms. The lowest BCUT2D eigenvalue weighted by Gasteiger charge is -2.21. The molecule has 0 aliphatic heterocycles. The maximum atomic E-state index is 11.9. The van der Waals surface area contributed by atoms with Gasteiger partial charge in [0.15, 0.2) is 5.82 Å². The molecule has 1 aromatic rings. The van der Waals surface area contributed by atoms with Gasteiger partial charge in [-0.1, -0.05) is 27.7 Å². The van der Waals surface area contributed by atoms with E-state index >= 15 is 0 Å². The van der Waals surface area contributed by atoms with E-state index in [0.717, 1.165) is 12.1 Å². The maximum Gasteiger partial charge on any atom is 0.247 e. The van der Waals surface area contributed by atoms with Crippen molar-refractivity contribution in [3.63, 3.8) is 0 Å². The Morgan fingerprint density at radius 1 is 1.42 bits per heavy atom. The number of carbonyl (C=O) groups is 2. The first kappa shape index (κ1) is 15.2. The number of hydrogen-bond donors (Lipinski definition) is 3. The summed E-state index contributed by atoms with van der Waals surface area (Å²) in [6.07, 6.45) is 0.819. The summed E-state index contributed by atoms with van der Waals surface area (Å²) in [6, 6.07) is 1.17. The van der Waals surface area contributed by atoms with Crippen molar-refractivity contribution in [3.05, 3.63) is 11.8 Å². The predicted molar refractivity (Wildman–Crippen MR) is 73.7 cm³/mol. The fourth-order valence-electron chi connectivity index (χ4n) is 1.32. The van der Waals surface area contributed by atoms with Crippen molar-refractivity contribution < 1.29 is 9.59 Å². The molecule has 0 aromatic carbocycles. The highest BCUT2D eigenvalue weighted by molar-refractivity contribution is 5.96. The highest BCUT2D eigenvalue weighted by Crippen LogP contribution is 2.13. The molecule has 0 saturated carbocycles. The van der Waals surface area contributed by atoms with Gasteiger partial charge in [0.2, 0.25) is 11.8 Å². The van der Waals surface area contributed by atoms with E-state index in [4.69, 9.17) is 0 Å².